The van der Waals surface area contributed by atoms with Crippen molar-refractivity contribution < 1.29 is 19.7 Å². The molecule has 0 radical (unpaired) electrons. The lowest BCUT2D eigenvalue weighted by Crippen LogP contribution is -2.33. The van der Waals surface area contributed by atoms with Gasteiger partial charge in [-0.2, -0.15) is 0 Å². The average molecular weight is 268 g/mol. The van der Waals surface area contributed by atoms with E-state index in [2.05, 4.69) is 20.7 Å². The van der Waals surface area contributed by atoms with E-state index in [0.717, 1.165) is 0 Å². The van der Waals surface area contributed by atoms with E-state index in [1.54, 1.807) is 0 Å². The van der Waals surface area contributed by atoms with Crippen LogP contribution in [0.5, 0.6) is 0 Å². The molecule has 1 aliphatic rings. The lowest BCUT2D eigenvalue weighted by molar-refractivity contribution is -0.140. The smallest absolute Gasteiger partial charge is 0.320 e. The van der Waals surface area contributed by atoms with Gasteiger partial charge in [0.15, 0.2) is 0 Å². The van der Waals surface area contributed by atoms with Crippen LogP contribution in [0.15, 0.2) is 0 Å². The van der Waals surface area contributed by atoms with E-state index in [-0.39, 0.29) is 5.97 Å². The van der Waals surface area contributed by atoms with Crippen LogP contribution >= 0.6 is 15.9 Å². The van der Waals surface area contributed by atoms with Crippen molar-refractivity contribution in [3.8, 4) is 0 Å². The Kier molecular flexibility index (Phi) is 4.31. The van der Waals surface area contributed by atoms with Gasteiger partial charge in [0.05, 0.1) is 19.3 Å². The topological polar surface area (TPSA) is 70.0 Å². The molecule has 0 amide bonds. The van der Waals surface area contributed by atoms with Crippen molar-refractivity contribution in [3.05, 3.63) is 0 Å². The van der Waals surface area contributed by atoms with E-state index >= 15 is 0 Å². The van der Waals surface area contributed by atoms with Crippen LogP contribution < -0.4 is 0 Å². The Morgan fingerprint density at radius 2 is 2.07 bits per heavy atom. The molecule has 2 N–H and O–H groups in total. The summed E-state index contributed by atoms with van der Waals surface area (Å²) in [7, 11) is 1.32. The fraction of sp³-hybridized carbons (Fsp3) is 0.875. The second-order valence-electron chi connectivity index (χ2n) is 3.34. The maximum absolute atomic E-state index is 11.0. The molecule has 0 bridgehead atoms. The number of aliphatic hydroxyl groups is 2. The van der Waals surface area contributed by atoms with Crippen LogP contribution in [-0.4, -0.2) is 64.9 Å². The summed E-state index contributed by atoms with van der Waals surface area (Å²) in [5, 5.41) is 18.5. The standard InChI is InChI=1S/C8H14BrNO4/c1-14-8(13)5(9)2-10-3-6(11)7(12)4-10/h5-7,11-12H,2-4H2,1H3. The number of carbonyl (C=O) groups is 1. The number of nitrogens with zero attached hydrogens (tertiary/aromatic N) is 1. The van der Waals surface area contributed by atoms with E-state index in [4.69, 9.17) is 0 Å². The molecule has 5 nitrogen and oxygen atoms in total. The first-order valence-corrected chi connectivity index (χ1v) is 5.26. The Morgan fingerprint density at radius 3 is 2.50 bits per heavy atom. The first-order chi connectivity index (χ1) is 6.54. The minimum atomic E-state index is -0.715. The molecule has 1 heterocycles. The Morgan fingerprint density at radius 1 is 1.57 bits per heavy atom. The zero-order valence-corrected chi connectivity index (χ0v) is 9.48. The molecule has 1 aliphatic heterocycles. The third kappa shape index (κ3) is 2.91. The molecule has 3 atom stereocenters. The summed E-state index contributed by atoms with van der Waals surface area (Å²) in [6, 6.07) is 0. The number of alkyl halides is 1. The van der Waals surface area contributed by atoms with Crippen molar-refractivity contribution in [1.82, 2.24) is 4.90 Å². The van der Waals surface area contributed by atoms with E-state index in [0.29, 0.717) is 19.6 Å². The largest absolute Gasteiger partial charge is 0.468 e. The summed E-state index contributed by atoms with van der Waals surface area (Å²) in [5.74, 6) is -0.346. The van der Waals surface area contributed by atoms with Gasteiger partial charge in [0, 0.05) is 19.6 Å². The zero-order valence-electron chi connectivity index (χ0n) is 7.89. The van der Waals surface area contributed by atoms with Gasteiger partial charge in [-0.15, -0.1) is 0 Å². The number of carbonyl (C=O) groups excluding carboxylic acids is 1. The molecule has 0 saturated carbocycles. The predicted octanol–water partition coefficient (Wildman–Crippen LogP) is -1.04. The van der Waals surface area contributed by atoms with Crippen LogP contribution in [0.4, 0.5) is 0 Å². The van der Waals surface area contributed by atoms with Crippen LogP contribution in [0.3, 0.4) is 0 Å². The molecular formula is C8H14BrNO4. The van der Waals surface area contributed by atoms with Gasteiger partial charge in [0.1, 0.15) is 4.83 Å². The molecular weight excluding hydrogens is 254 g/mol. The van der Waals surface area contributed by atoms with Gasteiger partial charge in [-0.1, -0.05) is 15.9 Å². The van der Waals surface area contributed by atoms with E-state index in [1.807, 2.05) is 4.90 Å². The van der Waals surface area contributed by atoms with Crippen molar-refractivity contribution in [2.75, 3.05) is 26.7 Å². The maximum atomic E-state index is 11.0. The van der Waals surface area contributed by atoms with Crippen LogP contribution in [0.25, 0.3) is 0 Å². The number of methoxy groups -OCH3 is 1. The second-order valence-corrected chi connectivity index (χ2v) is 4.45. The fourth-order valence-electron chi connectivity index (χ4n) is 1.43. The zero-order chi connectivity index (χ0) is 10.7. The molecule has 0 aliphatic carbocycles. The van der Waals surface area contributed by atoms with Crippen molar-refractivity contribution in [2.45, 2.75) is 17.0 Å². The molecule has 82 valence electrons. The number of hydrogen-bond donors (Lipinski definition) is 2. The Bertz CT molecular complexity index is 204. The van der Waals surface area contributed by atoms with Gasteiger partial charge >= 0.3 is 5.97 Å². The van der Waals surface area contributed by atoms with Crippen LogP contribution in [0.1, 0.15) is 0 Å². The normalized spacial score (nSPS) is 30.3. The highest BCUT2D eigenvalue weighted by Crippen LogP contribution is 2.13. The van der Waals surface area contributed by atoms with Crippen LogP contribution in [0.2, 0.25) is 0 Å². The number of β-amino-alcohol motifs (C(OH)–C–C–N with tert-alkyl or cyclic N) is 2. The Balaban J connectivity index is 2.35. The maximum Gasteiger partial charge on any atom is 0.320 e. The minimum Gasteiger partial charge on any atom is -0.468 e. The molecule has 14 heavy (non-hydrogen) atoms. The van der Waals surface area contributed by atoms with Crippen LogP contribution in [-0.2, 0) is 9.53 Å². The van der Waals surface area contributed by atoms with E-state index in [9.17, 15) is 15.0 Å². The van der Waals surface area contributed by atoms with Crippen molar-refractivity contribution in [3.63, 3.8) is 0 Å². The quantitative estimate of drug-likeness (QED) is 0.505. The molecule has 6 heteroatoms. The summed E-state index contributed by atoms with van der Waals surface area (Å²) in [6.07, 6.45) is -1.43. The highest BCUT2D eigenvalue weighted by molar-refractivity contribution is 9.10. The molecule has 1 rings (SSSR count). The summed E-state index contributed by atoms with van der Waals surface area (Å²) in [5.41, 5.74) is 0. The SMILES string of the molecule is COC(=O)C(Br)CN1CC(O)C(O)C1. The van der Waals surface area contributed by atoms with Crippen molar-refractivity contribution in [2.24, 2.45) is 0 Å². The lowest BCUT2D eigenvalue weighted by Gasteiger charge is -2.17. The molecule has 1 saturated heterocycles. The summed E-state index contributed by atoms with van der Waals surface area (Å²) in [4.78, 5) is 12.4. The fourth-order valence-corrected chi connectivity index (χ4v) is 2.02. The number of ether oxygens (including phenoxy) is 1. The van der Waals surface area contributed by atoms with Gasteiger partial charge < -0.3 is 14.9 Å². The van der Waals surface area contributed by atoms with Gasteiger partial charge in [-0.3, -0.25) is 9.69 Å². The Hall–Kier alpha value is -0.170. The Labute approximate surface area is 90.8 Å². The third-order valence-electron chi connectivity index (χ3n) is 2.21. The predicted molar refractivity (Wildman–Crippen MR) is 53.2 cm³/mol. The van der Waals surface area contributed by atoms with Gasteiger partial charge in [-0.25, -0.2) is 0 Å². The molecule has 1 fully saturated rings. The number of halogens is 1. The second kappa shape index (κ2) is 5.06. The van der Waals surface area contributed by atoms with Crippen molar-refractivity contribution in [1.29, 1.82) is 0 Å². The number of aliphatic hydroxyl groups excluding tert-OH is 2. The molecule has 3 unspecified atom stereocenters. The highest BCUT2D eigenvalue weighted by atomic mass is 79.9. The van der Waals surface area contributed by atoms with Crippen molar-refractivity contribution >= 4 is 21.9 Å². The number of esters is 1. The van der Waals surface area contributed by atoms with Gasteiger partial charge in [-0.05, 0) is 0 Å². The summed E-state index contributed by atoms with van der Waals surface area (Å²) in [6.45, 7) is 1.21. The van der Waals surface area contributed by atoms with E-state index < -0.39 is 17.0 Å². The minimum absolute atomic E-state index is 0.346. The lowest BCUT2D eigenvalue weighted by atomic mass is 10.3. The van der Waals surface area contributed by atoms with Crippen LogP contribution in [0, 0.1) is 0 Å². The molecule has 0 aromatic rings. The van der Waals surface area contributed by atoms with Gasteiger partial charge in [0.2, 0.25) is 0 Å². The number of likely N-dealkylation sites (tertiary alicyclic amines) is 1. The molecule has 0 spiro atoms. The van der Waals surface area contributed by atoms with E-state index in [1.165, 1.54) is 7.11 Å². The first-order valence-electron chi connectivity index (χ1n) is 4.35. The monoisotopic (exact) mass is 267 g/mol. The summed E-state index contributed by atoms with van der Waals surface area (Å²) < 4.78 is 4.54. The molecule has 0 aromatic carbocycles. The average Bonchev–Trinajstić information content (AvgIpc) is 2.44. The summed E-state index contributed by atoms with van der Waals surface area (Å²) >= 11 is 3.17. The molecule has 0 aromatic heterocycles. The highest BCUT2D eigenvalue weighted by Gasteiger charge is 2.31. The van der Waals surface area contributed by atoms with Gasteiger partial charge in [0.25, 0.3) is 0 Å². The third-order valence-corrected chi connectivity index (χ3v) is 2.87. The first kappa shape index (κ1) is 11.9. The number of rotatable bonds is 3. The number of hydrogen-bond acceptors (Lipinski definition) is 5.